The van der Waals surface area contributed by atoms with Crippen molar-refractivity contribution in [1.82, 2.24) is 4.98 Å². The topological polar surface area (TPSA) is 30.0 Å². The van der Waals surface area contributed by atoms with Gasteiger partial charge in [0, 0.05) is 22.6 Å². The molecule has 2 heterocycles. The Morgan fingerprint density at radius 1 is 1.13 bits per heavy atom. The van der Waals surface area contributed by atoms with Gasteiger partial charge in [0.05, 0.1) is 10.5 Å². The summed E-state index contributed by atoms with van der Waals surface area (Å²) in [4.78, 5) is 17.5. The first kappa shape index (κ1) is 14.5. The van der Waals surface area contributed by atoms with E-state index in [2.05, 4.69) is 6.07 Å². The number of aryl methyl sites for hydroxylation is 1. The summed E-state index contributed by atoms with van der Waals surface area (Å²) in [6.45, 7) is 1.97. The minimum Gasteiger partial charge on any atom is -0.294 e. The second-order valence-corrected chi connectivity index (χ2v) is 7.04. The first-order valence-corrected chi connectivity index (χ1v) is 8.86. The molecule has 1 aromatic heterocycles. The van der Waals surface area contributed by atoms with Gasteiger partial charge < -0.3 is 0 Å². The van der Waals surface area contributed by atoms with Crippen molar-refractivity contribution in [3.05, 3.63) is 71.3 Å². The predicted octanol–water partition coefficient (Wildman–Crippen LogP) is 4.87. The molecule has 0 saturated heterocycles. The second kappa shape index (κ2) is 5.82. The first-order chi connectivity index (χ1) is 11.2. The van der Waals surface area contributed by atoms with Crippen molar-refractivity contribution in [2.24, 2.45) is 0 Å². The number of hydrogen-bond acceptors (Lipinski definition) is 3. The summed E-state index contributed by atoms with van der Waals surface area (Å²) in [6, 6.07) is 18.0. The standard InChI is InChI=1S/C20H17NOS/c1-13(14-5-3-2-4-6-14)19(22)15-7-8-18-17(11-15)12-16-9-10-23-20(16)21-18/h2-8,11-13H,9-10H2,1H3. The van der Waals surface area contributed by atoms with Crippen LogP contribution >= 0.6 is 11.8 Å². The molecule has 0 spiro atoms. The van der Waals surface area contributed by atoms with Crippen LogP contribution in [0.25, 0.3) is 10.9 Å². The Balaban J connectivity index is 1.71. The van der Waals surface area contributed by atoms with Crippen molar-refractivity contribution < 1.29 is 4.79 Å². The summed E-state index contributed by atoms with van der Waals surface area (Å²) in [7, 11) is 0. The fourth-order valence-corrected chi connectivity index (χ4v) is 4.09. The molecule has 3 aromatic rings. The second-order valence-electron chi connectivity index (χ2n) is 5.96. The molecule has 1 aliphatic heterocycles. The van der Waals surface area contributed by atoms with E-state index in [1.165, 1.54) is 5.56 Å². The Hall–Kier alpha value is -2.13. The number of ketones is 1. The molecule has 0 N–H and O–H groups in total. The summed E-state index contributed by atoms with van der Waals surface area (Å²) >= 11 is 1.82. The molecule has 0 bridgehead atoms. The fraction of sp³-hybridized carbons (Fsp3) is 0.200. The number of carbonyl (C=O) groups is 1. The quantitative estimate of drug-likeness (QED) is 0.645. The van der Waals surface area contributed by atoms with Crippen molar-refractivity contribution in [2.45, 2.75) is 24.3 Å². The normalized spacial score (nSPS) is 14.7. The minimum absolute atomic E-state index is 0.133. The van der Waals surface area contributed by atoms with E-state index >= 15 is 0 Å². The fourth-order valence-electron chi connectivity index (χ4n) is 3.06. The van der Waals surface area contributed by atoms with Gasteiger partial charge in [0.2, 0.25) is 0 Å². The highest BCUT2D eigenvalue weighted by Gasteiger charge is 2.19. The van der Waals surface area contributed by atoms with Gasteiger partial charge in [0.1, 0.15) is 0 Å². The van der Waals surface area contributed by atoms with Crippen LogP contribution in [0.5, 0.6) is 0 Å². The van der Waals surface area contributed by atoms with Crippen LogP contribution in [-0.4, -0.2) is 16.5 Å². The zero-order valence-electron chi connectivity index (χ0n) is 13.0. The third-order valence-corrected chi connectivity index (χ3v) is 5.48. The molecule has 3 heteroatoms. The van der Waals surface area contributed by atoms with Crippen LogP contribution < -0.4 is 0 Å². The molecule has 23 heavy (non-hydrogen) atoms. The van der Waals surface area contributed by atoms with Crippen LogP contribution in [0.1, 0.15) is 34.3 Å². The summed E-state index contributed by atoms with van der Waals surface area (Å²) in [5.41, 5.74) is 4.10. The molecule has 0 aliphatic carbocycles. The summed E-state index contributed by atoms with van der Waals surface area (Å²) in [6.07, 6.45) is 1.07. The maximum atomic E-state index is 12.8. The van der Waals surface area contributed by atoms with Gasteiger partial charge in [-0.15, -0.1) is 11.8 Å². The molecule has 4 rings (SSSR count). The van der Waals surface area contributed by atoms with Crippen molar-refractivity contribution in [2.75, 3.05) is 5.75 Å². The number of rotatable bonds is 3. The monoisotopic (exact) mass is 319 g/mol. The van der Waals surface area contributed by atoms with Crippen molar-refractivity contribution in [3.63, 3.8) is 0 Å². The van der Waals surface area contributed by atoms with E-state index in [0.717, 1.165) is 39.2 Å². The van der Waals surface area contributed by atoms with Gasteiger partial charge in [-0.05, 0) is 41.8 Å². The lowest BCUT2D eigenvalue weighted by Crippen LogP contribution is -2.09. The van der Waals surface area contributed by atoms with Gasteiger partial charge in [-0.25, -0.2) is 4.98 Å². The van der Waals surface area contributed by atoms with Gasteiger partial charge in [0.25, 0.3) is 0 Å². The smallest absolute Gasteiger partial charge is 0.170 e. The third-order valence-electron chi connectivity index (χ3n) is 4.44. The van der Waals surface area contributed by atoms with Gasteiger partial charge in [-0.2, -0.15) is 0 Å². The molecular formula is C20H17NOS. The zero-order chi connectivity index (χ0) is 15.8. The van der Waals surface area contributed by atoms with Crippen molar-refractivity contribution in [1.29, 1.82) is 0 Å². The number of pyridine rings is 1. The highest BCUT2D eigenvalue weighted by Crippen LogP contribution is 2.32. The average Bonchev–Trinajstić information content (AvgIpc) is 3.06. The molecule has 0 fully saturated rings. The highest BCUT2D eigenvalue weighted by molar-refractivity contribution is 7.99. The lowest BCUT2D eigenvalue weighted by Gasteiger charge is -2.11. The molecule has 1 aliphatic rings. The summed E-state index contributed by atoms with van der Waals surface area (Å²) in [5, 5.41) is 2.21. The Labute approximate surface area is 139 Å². The van der Waals surface area contributed by atoms with Crippen LogP contribution in [-0.2, 0) is 6.42 Å². The number of fused-ring (bicyclic) bond motifs is 2. The SMILES string of the molecule is CC(C(=O)c1ccc2nc3c(cc2c1)CCS3)c1ccccc1. The Bertz CT molecular complexity index is 889. The number of benzene rings is 2. The van der Waals surface area contributed by atoms with Crippen LogP contribution in [0.2, 0.25) is 0 Å². The lowest BCUT2D eigenvalue weighted by molar-refractivity contribution is 0.0966. The van der Waals surface area contributed by atoms with E-state index in [-0.39, 0.29) is 11.7 Å². The first-order valence-electron chi connectivity index (χ1n) is 7.88. The number of aromatic nitrogens is 1. The predicted molar refractivity (Wildman–Crippen MR) is 95.4 cm³/mol. The van der Waals surface area contributed by atoms with E-state index < -0.39 is 0 Å². The van der Waals surface area contributed by atoms with Gasteiger partial charge in [0.15, 0.2) is 5.78 Å². The van der Waals surface area contributed by atoms with Crippen LogP contribution in [0.3, 0.4) is 0 Å². The lowest BCUT2D eigenvalue weighted by atomic mass is 9.92. The van der Waals surface area contributed by atoms with E-state index in [0.29, 0.717) is 0 Å². The zero-order valence-corrected chi connectivity index (χ0v) is 13.8. The van der Waals surface area contributed by atoms with Crippen molar-refractivity contribution >= 4 is 28.4 Å². The molecule has 2 nitrogen and oxygen atoms in total. The van der Waals surface area contributed by atoms with E-state index in [9.17, 15) is 4.79 Å². The van der Waals surface area contributed by atoms with E-state index in [1.807, 2.05) is 67.2 Å². The number of thioether (sulfide) groups is 1. The third kappa shape index (κ3) is 2.66. The molecule has 0 radical (unpaired) electrons. The van der Waals surface area contributed by atoms with Crippen LogP contribution in [0.15, 0.2) is 59.6 Å². The largest absolute Gasteiger partial charge is 0.294 e. The molecule has 0 amide bonds. The summed E-state index contributed by atoms with van der Waals surface area (Å²) < 4.78 is 0. The van der Waals surface area contributed by atoms with E-state index in [1.54, 1.807) is 0 Å². The Morgan fingerprint density at radius 3 is 2.78 bits per heavy atom. The van der Waals surface area contributed by atoms with E-state index in [4.69, 9.17) is 4.98 Å². The maximum Gasteiger partial charge on any atom is 0.170 e. The molecule has 2 aromatic carbocycles. The molecule has 1 unspecified atom stereocenters. The van der Waals surface area contributed by atoms with Crippen LogP contribution in [0, 0.1) is 0 Å². The number of carbonyl (C=O) groups excluding carboxylic acids is 1. The highest BCUT2D eigenvalue weighted by atomic mass is 32.2. The Kier molecular flexibility index (Phi) is 3.66. The molecule has 1 atom stereocenters. The summed E-state index contributed by atoms with van der Waals surface area (Å²) in [5.74, 6) is 1.13. The molecular weight excluding hydrogens is 302 g/mol. The Morgan fingerprint density at radius 2 is 1.96 bits per heavy atom. The minimum atomic E-state index is -0.133. The number of Topliss-reactive ketones (excluding diaryl/α,β-unsaturated/α-hetero) is 1. The van der Waals surface area contributed by atoms with Gasteiger partial charge in [-0.3, -0.25) is 4.79 Å². The van der Waals surface area contributed by atoms with Crippen molar-refractivity contribution in [3.8, 4) is 0 Å². The maximum absolute atomic E-state index is 12.8. The molecule has 114 valence electrons. The average molecular weight is 319 g/mol. The molecule has 0 saturated carbocycles. The van der Waals surface area contributed by atoms with Gasteiger partial charge >= 0.3 is 0 Å². The van der Waals surface area contributed by atoms with Gasteiger partial charge in [-0.1, -0.05) is 37.3 Å². The number of nitrogens with zero attached hydrogens (tertiary/aromatic N) is 1. The van der Waals surface area contributed by atoms with Crippen LogP contribution in [0.4, 0.5) is 0 Å². The number of hydrogen-bond donors (Lipinski definition) is 0.